The maximum Gasteiger partial charge on any atom is 0.260 e. The number of amides is 1. The second kappa shape index (κ2) is 8.47. The van der Waals surface area contributed by atoms with Crippen LogP contribution in [0.3, 0.4) is 0 Å². The summed E-state index contributed by atoms with van der Waals surface area (Å²) in [6.45, 7) is 2.57. The predicted molar refractivity (Wildman–Crippen MR) is 132 cm³/mol. The molecule has 0 saturated carbocycles. The fourth-order valence-corrected chi connectivity index (χ4v) is 5.46. The van der Waals surface area contributed by atoms with Crippen LogP contribution in [0.4, 0.5) is 11.4 Å². The van der Waals surface area contributed by atoms with Crippen LogP contribution in [0, 0.1) is 5.92 Å². The standard InChI is InChI=1S/C27H25BrN2O2/c1-2-30(18-8-4-3-5-9-18)27(32)22-13-7-12-20-19-10-6-11-21(19)26(29-25(20)22)23-16-17(28)14-15-24(23)31/h3-10,12-16,19,21,26,29,31H,2,11H2,1H3. The van der Waals surface area contributed by atoms with Crippen molar-refractivity contribution in [3.05, 3.63) is 100 Å². The third kappa shape index (κ3) is 3.51. The molecule has 4 nitrogen and oxygen atoms in total. The number of aromatic hydroxyl groups is 1. The SMILES string of the molecule is CCN(C(=O)c1cccc2c1NC(c1cc(Br)ccc1O)C1CC=CC21)c1ccccc1. The Kier molecular flexibility index (Phi) is 5.51. The van der Waals surface area contributed by atoms with Crippen molar-refractivity contribution in [1.82, 2.24) is 0 Å². The van der Waals surface area contributed by atoms with Gasteiger partial charge in [0, 0.05) is 28.2 Å². The largest absolute Gasteiger partial charge is 0.508 e. The van der Waals surface area contributed by atoms with Crippen molar-refractivity contribution < 1.29 is 9.90 Å². The van der Waals surface area contributed by atoms with Crippen molar-refractivity contribution in [3.63, 3.8) is 0 Å². The summed E-state index contributed by atoms with van der Waals surface area (Å²) in [5, 5.41) is 14.3. The molecule has 0 aromatic heterocycles. The molecule has 1 aliphatic carbocycles. The van der Waals surface area contributed by atoms with Crippen LogP contribution in [0.15, 0.2) is 83.4 Å². The zero-order valence-electron chi connectivity index (χ0n) is 17.8. The molecule has 5 heteroatoms. The van der Waals surface area contributed by atoms with E-state index in [2.05, 4.69) is 39.5 Å². The zero-order valence-corrected chi connectivity index (χ0v) is 19.4. The molecule has 2 aliphatic rings. The Morgan fingerprint density at radius 1 is 1.09 bits per heavy atom. The zero-order chi connectivity index (χ0) is 22.2. The van der Waals surface area contributed by atoms with Crippen molar-refractivity contribution in [2.24, 2.45) is 5.92 Å². The summed E-state index contributed by atoms with van der Waals surface area (Å²) in [7, 11) is 0. The minimum atomic E-state index is -0.0965. The van der Waals surface area contributed by atoms with E-state index in [-0.39, 0.29) is 29.5 Å². The Bertz CT molecular complexity index is 1190. The van der Waals surface area contributed by atoms with Gasteiger partial charge in [0.05, 0.1) is 17.3 Å². The number of carbonyl (C=O) groups is 1. The Labute approximate surface area is 196 Å². The molecule has 2 N–H and O–H groups in total. The highest BCUT2D eigenvalue weighted by Gasteiger charge is 2.40. The maximum atomic E-state index is 13.7. The number of benzene rings is 3. The van der Waals surface area contributed by atoms with E-state index in [4.69, 9.17) is 0 Å². The third-order valence-electron chi connectivity index (χ3n) is 6.58. The highest BCUT2D eigenvalue weighted by atomic mass is 79.9. The first kappa shape index (κ1) is 20.8. The van der Waals surface area contributed by atoms with Gasteiger partial charge in [0.2, 0.25) is 0 Å². The smallest absolute Gasteiger partial charge is 0.260 e. The van der Waals surface area contributed by atoms with Crippen LogP contribution in [0.2, 0.25) is 0 Å². The number of nitrogens with zero attached hydrogens (tertiary/aromatic N) is 1. The fraction of sp³-hybridized carbons (Fsp3) is 0.222. The summed E-state index contributed by atoms with van der Waals surface area (Å²) in [5.41, 5.74) is 4.40. The summed E-state index contributed by atoms with van der Waals surface area (Å²) in [5.74, 6) is 0.724. The second-order valence-corrected chi connectivity index (χ2v) is 9.25. The minimum absolute atomic E-state index is 0.0271. The average Bonchev–Trinajstić information content (AvgIpc) is 3.31. The fourth-order valence-electron chi connectivity index (χ4n) is 5.08. The van der Waals surface area contributed by atoms with Gasteiger partial charge >= 0.3 is 0 Å². The molecule has 32 heavy (non-hydrogen) atoms. The number of phenolic OH excluding ortho intramolecular Hbond substituents is 1. The first-order valence-corrected chi connectivity index (χ1v) is 11.8. The highest BCUT2D eigenvalue weighted by Crippen LogP contribution is 2.52. The van der Waals surface area contributed by atoms with Gasteiger partial charge in [-0.2, -0.15) is 0 Å². The van der Waals surface area contributed by atoms with E-state index < -0.39 is 0 Å². The highest BCUT2D eigenvalue weighted by molar-refractivity contribution is 9.10. The number of halogens is 1. The first-order chi connectivity index (χ1) is 15.6. The summed E-state index contributed by atoms with van der Waals surface area (Å²) in [4.78, 5) is 15.5. The van der Waals surface area contributed by atoms with Gasteiger partial charge in [-0.15, -0.1) is 0 Å². The number of hydrogen-bond acceptors (Lipinski definition) is 3. The molecule has 0 spiro atoms. The monoisotopic (exact) mass is 488 g/mol. The van der Waals surface area contributed by atoms with Gasteiger partial charge < -0.3 is 15.3 Å². The van der Waals surface area contributed by atoms with E-state index in [0.717, 1.165) is 33.4 Å². The van der Waals surface area contributed by atoms with Crippen LogP contribution in [-0.2, 0) is 0 Å². The maximum absolute atomic E-state index is 13.7. The van der Waals surface area contributed by atoms with E-state index in [1.165, 1.54) is 0 Å². The van der Waals surface area contributed by atoms with Crippen molar-refractivity contribution in [3.8, 4) is 5.75 Å². The van der Waals surface area contributed by atoms with Crippen molar-refractivity contribution in [2.75, 3.05) is 16.8 Å². The Morgan fingerprint density at radius 2 is 1.91 bits per heavy atom. The topological polar surface area (TPSA) is 52.6 Å². The average molecular weight is 489 g/mol. The lowest BCUT2D eigenvalue weighted by Gasteiger charge is -2.39. The van der Waals surface area contributed by atoms with Crippen LogP contribution < -0.4 is 10.2 Å². The number of fused-ring (bicyclic) bond motifs is 3. The van der Waals surface area contributed by atoms with Crippen LogP contribution in [-0.4, -0.2) is 17.6 Å². The van der Waals surface area contributed by atoms with Crippen LogP contribution in [0.25, 0.3) is 0 Å². The molecule has 0 bridgehead atoms. The molecule has 1 amide bonds. The normalized spacial score (nSPS) is 20.9. The quantitative estimate of drug-likeness (QED) is 0.404. The van der Waals surface area contributed by atoms with Crippen LogP contribution in [0.1, 0.15) is 46.8 Å². The number of phenols is 1. The molecule has 3 aromatic carbocycles. The minimum Gasteiger partial charge on any atom is -0.508 e. The molecule has 5 rings (SSSR count). The number of carbonyl (C=O) groups excluding carboxylic acids is 1. The van der Waals surface area contributed by atoms with Crippen molar-refractivity contribution >= 4 is 33.2 Å². The number of anilines is 2. The molecular weight excluding hydrogens is 464 g/mol. The van der Waals surface area contributed by atoms with Gasteiger partial charge in [-0.1, -0.05) is 58.4 Å². The van der Waals surface area contributed by atoms with E-state index in [0.29, 0.717) is 12.1 Å². The van der Waals surface area contributed by atoms with Gasteiger partial charge in [-0.3, -0.25) is 4.79 Å². The number of para-hydroxylation sites is 2. The van der Waals surface area contributed by atoms with E-state index in [9.17, 15) is 9.90 Å². The van der Waals surface area contributed by atoms with Gasteiger partial charge in [0.25, 0.3) is 5.91 Å². The van der Waals surface area contributed by atoms with Crippen LogP contribution >= 0.6 is 15.9 Å². The second-order valence-electron chi connectivity index (χ2n) is 8.33. The van der Waals surface area contributed by atoms with Gasteiger partial charge in [0.1, 0.15) is 5.75 Å². The van der Waals surface area contributed by atoms with Gasteiger partial charge in [0.15, 0.2) is 0 Å². The number of rotatable bonds is 4. The van der Waals surface area contributed by atoms with Crippen molar-refractivity contribution in [1.29, 1.82) is 0 Å². The van der Waals surface area contributed by atoms with E-state index in [1.807, 2.05) is 61.5 Å². The molecule has 162 valence electrons. The molecule has 0 radical (unpaired) electrons. The number of allylic oxidation sites excluding steroid dienone is 2. The molecule has 0 saturated heterocycles. The Balaban J connectivity index is 1.60. The summed E-state index contributed by atoms with van der Waals surface area (Å²) in [6, 6.07) is 21.2. The number of nitrogens with one attached hydrogen (secondary N) is 1. The lowest BCUT2D eigenvalue weighted by Crippen LogP contribution is -2.34. The summed E-state index contributed by atoms with van der Waals surface area (Å²) < 4.78 is 0.922. The predicted octanol–water partition coefficient (Wildman–Crippen LogP) is 6.65. The third-order valence-corrected chi connectivity index (χ3v) is 7.07. The van der Waals surface area contributed by atoms with Crippen LogP contribution in [0.5, 0.6) is 5.75 Å². The first-order valence-electron chi connectivity index (χ1n) is 11.0. The molecule has 1 aliphatic heterocycles. The lowest BCUT2D eigenvalue weighted by molar-refractivity contribution is 0.0988. The lowest BCUT2D eigenvalue weighted by atomic mass is 9.76. The molecular formula is C27H25BrN2O2. The molecule has 1 heterocycles. The Morgan fingerprint density at radius 3 is 2.69 bits per heavy atom. The summed E-state index contributed by atoms with van der Waals surface area (Å²) in [6.07, 6.45) is 5.39. The number of hydrogen-bond donors (Lipinski definition) is 2. The Hall–Kier alpha value is -3.05. The summed E-state index contributed by atoms with van der Waals surface area (Å²) >= 11 is 3.54. The molecule has 3 aromatic rings. The molecule has 3 atom stereocenters. The van der Waals surface area contributed by atoms with E-state index in [1.54, 1.807) is 11.0 Å². The van der Waals surface area contributed by atoms with Gasteiger partial charge in [-0.25, -0.2) is 0 Å². The molecule has 0 fully saturated rings. The van der Waals surface area contributed by atoms with Gasteiger partial charge in [-0.05, 0) is 61.2 Å². The van der Waals surface area contributed by atoms with E-state index >= 15 is 0 Å². The van der Waals surface area contributed by atoms with Crippen molar-refractivity contribution in [2.45, 2.75) is 25.3 Å². The molecule has 3 unspecified atom stereocenters.